The summed E-state index contributed by atoms with van der Waals surface area (Å²) in [6.07, 6.45) is 1.09. The van der Waals surface area contributed by atoms with Gasteiger partial charge in [0.15, 0.2) is 5.78 Å². The van der Waals surface area contributed by atoms with Crippen LogP contribution in [0.15, 0.2) is 24.3 Å². The van der Waals surface area contributed by atoms with Gasteiger partial charge in [-0.1, -0.05) is 12.1 Å². The molecule has 1 aromatic carbocycles. The lowest BCUT2D eigenvalue weighted by atomic mass is 10.0. The lowest BCUT2D eigenvalue weighted by molar-refractivity contribution is 0.101. The number of Topliss-reactive ketones (excluding diaryl/α,β-unsaturated/α-hetero) is 1. The summed E-state index contributed by atoms with van der Waals surface area (Å²) in [5.74, 6) is 0.110. The Morgan fingerprint density at radius 2 is 2.24 bits per heavy atom. The summed E-state index contributed by atoms with van der Waals surface area (Å²) in [4.78, 5) is 11.3. The van der Waals surface area contributed by atoms with Crippen molar-refractivity contribution in [2.45, 2.75) is 38.8 Å². The van der Waals surface area contributed by atoms with Crippen molar-refractivity contribution in [3.63, 3.8) is 0 Å². The maximum Gasteiger partial charge on any atom is 0.159 e. The molecule has 1 aromatic rings. The third-order valence-corrected chi connectivity index (χ3v) is 3.22. The molecule has 92 valence electrons. The van der Waals surface area contributed by atoms with Gasteiger partial charge in [-0.05, 0) is 39.3 Å². The Morgan fingerprint density at radius 3 is 2.82 bits per heavy atom. The first-order valence-corrected chi connectivity index (χ1v) is 6.09. The lowest BCUT2D eigenvalue weighted by Crippen LogP contribution is -2.31. The Bertz CT molecular complexity index is 426. The molecule has 3 nitrogen and oxygen atoms in total. The molecule has 2 N–H and O–H groups in total. The fourth-order valence-corrected chi connectivity index (χ4v) is 2.33. The van der Waals surface area contributed by atoms with Gasteiger partial charge in [0.25, 0.3) is 0 Å². The number of carbonyl (C=O) groups is 1. The van der Waals surface area contributed by atoms with E-state index in [1.54, 1.807) is 6.92 Å². The SMILES string of the molecule is CC(=O)c1cccc(NC2CNC(C)(C)C2)c1. The van der Waals surface area contributed by atoms with Crippen molar-refractivity contribution in [1.82, 2.24) is 5.32 Å². The zero-order chi connectivity index (χ0) is 12.5. The van der Waals surface area contributed by atoms with Gasteiger partial charge in [-0.25, -0.2) is 0 Å². The summed E-state index contributed by atoms with van der Waals surface area (Å²) >= 11 is 0. The van der Waals surface area contributed by atoms with Crippen LogP contribution in [0, 0.1) is 0 Å². The molecule has 0 saturated carbocycles. The van der Waals surface area contributed by atoms with E-state index in [0.717, 1.165) is 24.2 Å². The molecule has 0 radical (unpaired) electrons. The maximum atomic E-state index is 11.3. The molecule has 1 unspecified atom stereocenters. The van der Waals surface area contributed by atoms with Crippen LogP contribution in [0.1, 0.15) is 37.6 Å². The Kier molecular flexibility index (Phi) is 3.20. The highest BCUT2D eigenvalue weighted by molar-refractivity contribution is 5.94. The predicted molar refractivity (Wildman–Crippen MR) is 70.6 cm³/mol. The second kappa shape index (κ2) is 4.49. The number of hydrogen-bond acceptors (Lipinski definition) is 3. The van der Waals surface area contributed by atoms with E-state index in [4.69, 9.17) is 0 Å². The minimum absolute atomic E-state index is 0.110. The molecular formula is C14H20N2O. The number of rotatable bonds is 3. The van der Waals surface area contributed by atoms with Crippen LogP contribution in [0.5, 0.6) is 0 Å². The van der Waals surface area contributed by atoms with Crippen LogP contribution < -0.4 is 10.6 Å². The number of carbonyl (C=O) groups excluding carboxylic acids is 1. The summed E-state index contributed by atoms with van der Waals surface area (Å²) in [5, 5.41) is 6.95. The van der Waals surface area contributed by atoms with Crippen LogP contribution in [0.25, 0.3) is 0 Å². The molecule has 2 rings (SSSR count). The van der Waals surface area contributed by atoms with Crippen LogP contribution >= 0.6 is 0 Å². The van der Waals surface area contributed by atoms with E-state index < -0.39 is 0 Å². The maximum absolute atomic E-state index is 11.3. The first kappa shape index (κ1) is 12.1. The Morgan fingerprint density at radius 1 is 1.47 bits per heavy atom. The van der Waals surface area contributed by atoms with E-state index in [1.165, 1.54) is 0 Å². The number of ketones is 1. The molecule has 1 fully saturated rings. The highest BCUT2D eigenvalue weighted by Crippen LogP contribution is 2.21. The summed E-state index contributed by atoms with van der Waals surface area (Å²) < 4.78 is 0. The minimum atomic E-state index is 0.110. The minimum Gasteiger partial charge on any atom is -0.381 e. The molecule has 1 aliphatic rings. The highest BCUT2D eigenvalue weighted by atomic mass is 16.1. The largest absolute Gasteiger partial charge is 0.381 e. The second-order valence-electron chi connectivity index (χ2n) is 5.45. The van der Waals surface area contributed by atoms with Gasteiger partial charge >= 0.3 is 0 Å². The van der Waals surface area contributed by atoms with E-state index >= 15 is 0 Å². The molecule has 0 amide bonds. The molecule has 1 aliphatic heterocycles. The third-order valence-electron chi connectivity index (χ3n) is 3.22. The van der Waals surface area contributed by atoms with Crippen LogP contribution in [0.2, 0.25) is 0 Å². The smallest absolute Gasteiger partial charge is 0.159 e. The number of nitrogens with one attached hydrogen (secondary N) is 2. The van der Waals surface area contributed by atoms with Gasteiger partial charge in [0.1, 0.15) is 0 Å². The van der Waals surface area contributed by atoms with Crippen molar-refractivity contribution in [1.29, 1.82) is 0 Å². The second-order valence-corrected chi connectivity index (χ2v) is 5.45. The summed E-state index contributed by atoms with van der Waals surface area (Å²) in [5.41, 5.74) is 2.00. The van der Waals surface area contributed by atoms with Gasteiger partial charge in [-0.15, -0.1) is 0 Å². The van der Waals surface area contributed by atoms with E-state index in [9.17, 15) is 4.79 Å². The van der Waals surface area contributed by atoms with Crippen LogP contribution in [-0.2, 0) is 0 Å². The molecule has 1 saturated heterocycles. The first-order valence-electron chi connectivity index (χ1n) is 6.09. The molecule has 17 heavy (non-hydrogen) atoms. The van der Waals surface area contributed by atoms with Gasteiger partial charge in [0.05, 0.1) is 0 Å². The Hall–Kier alpha value is -1.35. The molecule has 0 aromatic heterocycles. The molecular weight excluding hydrogens is 212 g/mol. The van der Waals surface area contributed by atoms with Gasteiger partial charge in [-0.2, -0.15) is 0 Å². The van der Waals surface area contributed by atoms with Crippen LogP contribution in [0.4, 0.5) is 5.69 Å². The monoisotopic (exact) mass is 232 g/mol. The summed E-state index contributed by atoms with van der Waals surface area (Å²) in [6.45, 7) is 6.98. The van der Waals surface area contributed by atoms with Gasteiger partial charge in [0.2, 0.25) is 0 Å². The predicted octanol–water partition coefficient (Wildman–Crippen LogP) is 2.44. The topological polar surface area (TPSA) is 41.1 Å². The molecule has 1 heterocycles. The molecule has 3 heteroatoms. The number of hydrogen-bond donors (Lipinski definition) is 2. The normalized spacial score (nSPS) is 22.4. The Labute approximate surface area is 103 Å². The third kappa shape index (κ3) is 3.07. The van der Waals surface area contributed by atoms with Crippen molar-refractivity contribution in [2.75, 3.05) is 11.9 Å². The molecule has 1 atom stereocenters. The van der Waals surface area contributed by atoms with E-state index in [2.05, 4.69) is 24.5 Å². The quantitative estimate of drug-likeness (QED) is 0.786. The van der Waals surface area contributed by atoms with Gasteiger partial charge in [-0.3, -0.25) is 4.79 Å². The molecule has 0 bridgehead atoms. The summed E-state index contributed by atoms with van der Waals surface area (Å²) in [7, 11) is 0. The van der Waals surface area contributed by atoms with E-state index in [0.29, 0.717) is 6.04 Å². The van der Waals surface area contributed by atoms with E-state index in [-0.39, 0.29) is 11.3 Å². The van der Waals surface area contributed by atoms with Gasteiger partial charge < -0.3 is 10.6 Å². The molecule has 0 aliphatic carbocycles. The number of anilines is 1. The van der Waals surface area contributed by atoms with Crippen molar-refractivity contribution >= 4 is 11.5 Å². The average molecular weight is 232 g/mol. The van der Waals surface area contributed by atoms with Gasteiger partial charge in [0, 0.05) is 29.4 Å². The fraction of sp³-hybridized carbons (Fsp3) is 0.500. The van der Waals surface area contributed by atoms with Crippen molar-refractivity contribution in [2.24, 2.45) is 0 Å². The van der Waals surface area contributed by atoms with Crippen LogP contribution in [0.3, 0.4) is 0 Å². The highest BCUT2D eigenvalue weighted by Gasteiger charge is 2.29. The lowest BCUT2D eigenvalue weighted by Gasteiger charge is -2.18. The van der Waals surface area contributed by atoms with Crippen molar-refractivity contribution in [3.8, 4) is 0 Å². The van der Waals surface area contributed by atoms with E-state index in [1.807, 2.05) is 24.3 Å². The average Bonchev–Trinajstić information content (AvgIpc) is 2.58. The van der Waals surface area contributed by atoms with Crippen molar-refractivity contribution < 1.29 is 4.79 Å². The fourth-order valence-electron chi connectivity index (χ4n) is 2.33. The van der Waals surface area contributed by atoms with Crippen LogP contribution in [-0.4, -0.2) is 23.9 Å². The zero-order valence-corrected chi connectivity index (χ0v) is 10.7. The van der Waals surface area contributed by atoms with Crippen molar-refractivity contribution in [3.05, 3.63) is 29.8 Å². The summed E-state index contributed by atoms with van der Waals surface area (Å²) in [6, 6.07) is 8.15. The Balaban J connectivity index is 2.04. The zero-order valence-electron chi connectivity index (χ0n) is 10.7. The number of benzene rings is 1. The standard InChI is InChI=1S/C14H20N2O/c1-10(17)11-5-4-6-12(7-11)16-13-8-14(2,3)15-9-13/h4-7,13,15-16H,8-9H2,1-3H3. The first-order chi connectivity index (χ1) is 7.96. The molecule has 0 spiro atoms.